The van der Waals surface area contributed by atoms with E-state index in [0.29, 0.717) is 12.1 Å². The standard InChI is InChI=1S/C14H27N3O2/c1-14(2,3)19-13(18)17-8-6-12(10-17)15-11-5-7-16(4)9-11/h11-12,15H,5-10H2,1-4H3/t11-,12-/m1/s1. The summed E-state index contributed by atoms with van der Waals surface area (Å²) in [4.78, 5) is 16.1. The zero-order valence-electron chi connectivity index (χ0n) is 12.6. The topological polar surface area (TPSA) is 44.8 Å². The monoisotopic (exact) mass is 269 g/mol. The molecule has 0 aromatic rings. The molecule has 0 radical (unpaired) electrons. The van der Waals surface area contributed by atoms with Gasteiger partial charge in [0.25, 0.3) is 0 Å². The minimum absolute atomic E-state index is 0.180. The van der Waals surface area contributed by atoms with Crippen molar-refractivity contribution in [3.8, 4) is 0 Å². The second kappa shape index (κ2) is 5.67. The largest absolute Gasteiger partial charge is 0.444 e. The summed E-state index contributed by atoms with van der Waals surface area (Å²) in [6.07, 6.45) is 2.05. The highest BCUT2D eigenvalue weighted by molar-refractivity contribution is 5.68. The number of nitrogens with one attached hydrogen (secondary N) is 1. The molecule has 2 fully saturated rings. The highest BCUT2D eigenvalue weighted by Gasteiger charge is 2.31. The zero-order valence-corrected chi connectivity index (χ0v) is 12.6. The molecule has 0 aromatic heterocycles. The Bertz CT molecular complexity index is 327. The maximum Gasteiger partial charge on any atom is 0.410 e. The van der Waals surface area contributed by atoms with Crippen molar-refractivity contribution in [2.75, 3.05) is 33.2 Å². The lowest BCUT2D eigenvalue weighted by Gasteiger charge is -2.25. The van der Waals surface area contributed by atoms with Crippen LogP contribution in [-0.2, 0) is 4.74 Å². The van der Waals surface area contributed by atoms with Gasteiger partial charge < -0.3 is 19.9 Å². The van der Waals surface area contributed by atoms with Gasteiger partial charge in [-0.05, 0) is 47.2 Å². The first kappa shape index (κ1) is 14.6. The minimum Gasteiger partial charge on any atom is -0.444 e. The van der Waals surface area contributed by atoms with Crippen molar-refractivity contribution in [3.63, 3.8) is 0 Å². The Morgan fingerprint density at radius 2 is 1.79 bits per heavy atom. The molecule has 0 aliphatic carbocycles. The van der Waals surface area contributed by atoms with Crippen LogP contribution in [-0.4, -0.2) is 66.8 Å². The Balaban J connectivity index is 1.75. The third kappa shape index (κ3) is 4.35. The van der Waals surface area contributed by atoms with E-state index in [1.807, 2.05) is 25.7 Å². The van der Waals surface area contributed by atoms with Crippen LogP contribution in [0.1, 0.15) is 33.6 Å². The van der Waals surface area contributed by atoms with Gasteiger partial charge in [0.15, 0.2) is 0 Å². The SMILES string of the molecule is CN1CC[C@@H](N[C@@H]2CCN(C(=O)OC(C)(C)C)C2)C1. The van der Waals surface area contributed by atoms with E-state index < -0.39 is 5.60 Å². The molecule has 2 aliphatic heterocycles. The second-order valence-corrected chi connectivity index (χ2v) is 6.83. The van der Waals surface area contributed by atoms with E-state index >= 15 is 0 Å². The van der Waals surface area contributed by atoms with Gasteiger partial charge in [-0.1, -0.05) is 0 Å². The predicted octanol–water partition coefficient (Wildman–Crippen LogP) is 1.29. The fourth-order valence-corrected chi connectivity index (χ4v) is 2.79. The molecule has 0 unspecified atom stereocenters. The molecular formula is C14H27N3O2. The lowest BCUT2D eigenvalue weighted by atomic mass is 10.2. The lowest BCUT2D eigenvalue weighted by molar-refractivity contribution is 0.0290. The van der Waals surface area contributed by atoms with E-state index in [2.05, 4.69) is 17.3 Å². The molecule has 2 atom stereocenters. The first-order chi connectivity index (χ1) is 8.83. The van der Waals surface area contributed by atoms with Gasteiger partial charge in [0, 0.05) is 31.7 Å². The maximum absolute atomic E-state index is 12.0. The normalized spacial score (nSPS) is 28.9. The Labute approximate surface area is 116 Å². The van der Waals surface area contributed by atoms with Crippen molar-refractivity contribution >= 4 is 6.09 Å². The molecule has 19 heavy (non-hydrogen) atoms. The quantitative estimate of drug-likeness (QED) is 0.820. The number of likely N-dealkylation sites (N-methyl/N-ethyl adjacent to an activating group) is 1. The van der Waals surface area contributed by atoms with E-state index in [0.717, 1.165) is 26.1 Å². The summed E-state index contributed by atoms with van der Waals surface area (Å²) < 4.78 is 5.41. The number of likely N-dealkylation sites (tertiary alicyclic amines) is 2. The molecule has 110 valence electrons. The summed E-state index contributed by atoms with van der Waals surface area (Å²) in [6, 6.07) is 0.998. The van der Waals surface area contributed by atoms with Crippen LogP contribution >= 0.6 is 0 Å². The average Bonchev–Trinajstić information content (AvgIpc) is 2.86. The number of ether oxygens (including phenoxy) is 1. The Morgan fingerprint density at radius 1 is 1.16 bits per heavy atom. The smallest absolute Gasteiger partial charge is 0.410 e. The molecule has 5 nitrogen and oxygen atoms in total. The van der Waals surface area contributed by atoms with Crippen molar-refractivity contribution in [2.45, 2.75) is 51.3 Å². The van der Waals surface area contributed by atoms with Gasteiger partial charge in [-0.25, -0.2) is 4.79 Å². The zero-order chi connectivity index (χ0) is 14.0. The van der Waals surface area contributed by atoms with Gasteiger partial charge in [-0.3, -0.25) is 0 Å². The molecular weight excluding hydrogens is 242 g/mol. The minimum atomic E-state index is -0.406. The van der Waals surface area contributed by atoms with Crippen molar-refractivity contribution in [3.05, 3.63) is 0 Å². The van der Waals surface area contributed by atoms with Gasteiger partial charge in [-0.2, -0.15) is 0 Å². The Kier molecular flexibility index (Phi) is 4.36. The number of rotatable bonds is 2. The van der Waals surface area contributed by atoms with Gasteiger partial charge in [-0.15, -0.1) is 0 Å². The van der Waals surface area contributed by atoms with Crippen LogP contribution in [0.3, 0.4) is 0 Å². The summed E-state index contributed by atoms with van der Waals surface area (Å²) in [5, 5.41) is 3.66. The van der Waals surface area contributed by atoms with E-state index in [1.165, 1.54) is 13.0 Å². The van der Waals surface area contributed by atoms with E-state index in [-0.39, 0.29) is 6.09 Å². The molecule has 5 heteroatoms. The average molecular weight is 269 g/mol. The van der Waals surface area contributed by atoms with Crippen LogP contribution in [0.4, 0.5) is 4.79 Å². The predicted molar refractivity (Wildman–Crippen MR) is 75.2 cm³/mol. The number of hydrogen-bond acceptors (Lipinski definition) is 4. The van der Waals surface area contributed by atoms with Gasteiger partial charge in [0.05, 0.1) is 0 Å². The molecule has 0 bridgehead atoms. The van der Waals surface area contributed by atoms with Crippen LogP contribution in [0.5, 0.6) is 0 Å². The number of carbonyl (C=O) groups excluding carboxylic acids is 1. The lowest BCUT2D eigenvalue weighted by Crippen LogP contribution is -2.42. The van der Waals surface area contributed by atoms with E-state index in [9.17, 15) is 4.79 Å². The van der Waals surface area contributed by atoms with Crippen LogP contribution in [0.15, 0.2) is 0 Å². The fourth-order valence-electron chi connectivity index (χ4n) is 2.79. The van der Waals surface area contributed by atoms with Crippen molar-refractivity contribution in [1.82, 2.24) is 15.1 Å². The summed E-state index contributed by atoms with van der Waals surface area (Å²) in [5.41, 5.74) is -0.406. The highest BCUT2D eigenvalue weighted by atomic mass is 16.6. The van der Waals surface area contributed by atoms with Crippen LogP contribution in [0, 0.1) is 0 Å². The summed E-state index contributed by atoms with van der Waals surface area (Å²) >= 11 is 0. The molecule has 2 rings (SSSR count). The van der Waals surface area contributed by atoms with Gasteiger partial charge in [0.2, 0.25) is 0 Å². The maximum atomic E-state index is 12.0. The van der Waals surface area contributed by atoms with Crippen LogP contribution in [0.25, 0.3) is 0 Å². The van der Waals surface area contributed by atoms with Crippen LogP contribution in [0.2, 0.25) is 0 Å². The van der Waals surface area contributed by atoms with Gasteiger partial charge >= 0.3 is 6.09 Å². The van der Waals surface area contributed by atoms with Crippen molar-refractivity contribution in [1.29, 1.82) is 0 Å². The molecule has 2 heterocycles. The second-order valence-electron chi connectivity index (χ2n) is 6.83. The Morgan fingerprint density at radius 3 is 2.37 bits per heavy atom. The molecule has 1 amide bonds. The molecule has 0 aromatic carbocycles. The summed E-state index contributed by atoms with van der Waals surface area (Å²) in [6.45, 7) is 9.58. The highest BCUT2D eigenvalue weighted by Crippen LogP contribution is 2.17. The molecule has 1 N–H and O–H groups in total. The van der Waals surface area contributed by atoms with Gasteiger partial charge in [0.1, 0.15) is 5.60 Å². The van der Waals surface area contributed by atoms with E-state index in [4.69, 9.17) is 4.74 Å². The third-order valence-corrected chi connectivity index (χ3v) is 3.70. The number of amides is 1. The third-order valence-electron chi connectivity index (χ3n) is 3.70. The number of nitrogens with zero attached hydrogens (tertiary/aromatic N) is 2. The molecule has 0 saturated carbocycles. The number of carbonyl (C=O) groups is 1. The van der Waals surface area contributed by atoms with Crippen molar-refractivity contribution in [2.24, 2.45) is 0 Å². The van der Waals surface area contributed by atoms with Crippen LogP contribution < -0.4 is 5.32 Å². The summed E-state index contributed by atoms with van der Waals surface area (Å²) in [5.74, 6) is 0. The van der Waals surface area contributed by atoms with E-state index in [1.54, 1.807) is 0 Å². The molecule has 2 saturated heterocycles. The number of hydrogen-bond donors (Lipinski definition) is 1. The summed E-state index contributed by atoms with van der Waals surface area (Å²) in [7, 11) is 2.16. The molecule has 2 aliphatic rings. The fraction of sp³-hybridized carbons (Fsp3) is 0.929. The van der Waals surface area contributed by atoms with Crippen molar-refractivity contribution < 1.29 is 9.53 Å². The first-order valence-corrected chi connectivity index (χ1v) is 7.26. The molecule has 0 spiro atoms. The first-order valence-electron chi connectivity index (χ1n) is 7.26. The Hall–Kier alpha value is -0.810.